The van der Waals surface area contributed by atoms with Crippen LogP contribution in [0.2, 0.25) is 0 Å². The second-order valence-electron chi connectivity index (χ2n) is 3.82. The molecule has 0 saturated carbocycles. The molecule has 2 aliphatic rings. The summed E-state index contributed by atoms with van der Waals surface area (Å²) >= 11 is 2.04. The van der Waals surface area contributed by atoms with Gasteiger partial charge in [-0.05, 0) is 18.2 Å². The van der Waals surface area contributed by atoms with Gasteiger partial charge in [0, 0.05) is 24.3 Å². The van der Waals surface area contributed by atoms with Crippen molar-refractivity contribution in [1.82, 2.24) is 5.32 Å². The summed E-state index contributed by atoms with van der Waals surface area (Å²) in [6.07, 6.45) is 4.14. The normalized spacial score (nSPS) is 32.3. The highest BCUT2D eigenvalue weighted by atomic mass is 32.2. The third kappa shape index (κ3) is 1.07. The standard InChI is InChI=1S/C10H13NOS/c1-4-11-10(3-6-13-7-10)8-2-5-12-9(1)8/h2,5,11H,1,3-4,6-7H2. The number of hydrogen-bond acceptors (Lipinski definition) is 3. The minimum atomic E-state index is 0.255. The topological polar surface area (TPSA) is 25.2 Å². The molecule has 1 aromatic rings. The van der Waals surface area contributed by atoms with E-state index >= 15 is 0 Å². The van der Waals surface area contributed by atoms with Gasteiger partial charge in [0.15, 0.2) is 0 Å². The second kappa shape index (κ2) is 2.79. The van der Waals surface area contributed by atoms with Crippen molar-refractivity contribution in [3.8, 4) is 0 Å². The predicted molar refractivity (Wildman–Crippen MR) is 54.0 cm³/mol. The molecular formula is C10H13NOS. The Kier molecular flexibility index (Phi) is 1.70. The lowest BCUT2D eigenvalue weighted by molar-refractivity contribution is 0.333. The van der Waals surface area contributed by atoms with Gasteiger partial charge in [-0.25, -0.2) is 0 Å². The Labute approximate surface area is 82.1 Å². The van der Waals surface area contributed by atoms with E-state index in [1.165, 1.54) is 29.3 Å². The maximum Gasteiger partial charge on any atom is 0.110 e. The Hall–Kier alpha value is -0.410. The van der Waals surface area contributed by atoms with Crippen LogP contribution in [0.5, 0.6) is 0 Å². The van der Waals surface area contributed by atoms with Crippen LogP contribution in [0.25, 0.3) is 0 Å². The van der Waals surface area contributed by atoms with Crippen molar-refractivity contribution in [2.45, 2.75) is 18.4 Å². The van der Waals surface area contributed by atoms with E-state index in [0.29, 0.717) is 0 Å². The summed E-state index contributed by atoms with van der Waals surface area (Å²) < 4.78 is 5.49. The fraction of sp³-hybridized carbons (Fsp3) is 0.600. The largest absolute Gasteiger partial charge is 0.469 e. The van der Waals surface area contributed by atoms with Crippen molar-refractivity contribution in [2.24, 2.45) is 0 Å². The quantitative estimate of drug-likeness (QED) is 0.683. The average Bonchev–Trinajstić information content (AvgIpc) is 2.74. The molecule has 1 aromatic heterocycles. The van der Waals surface area contributed by atoms with Gasteiger partial charge >= 0.3 is 0 Å². The van der Waals surface area contributed by atoms with E-state index in [9.17, 15) is 0 Å². The van der Waals surface area contributed by atoms with E-state index in [1.807, 2.05) is 18.0 Å². The van der Waals surface area contributed by atoms with Crippen molar-refractivity contribution >= 4 is 11.8 Å². The summed E-state index contributed by atoms with van der Waals surface area (Å²) in [6, 6.07) is 2.15. The molecular weight excluding hydrogens is 182 g/mol. The summed E-state index contributed by atoms with van der Waals surface area (Å²) in [5.74, 6) is 3.69. The zero-order chi connectivity index (χ0) is 8.73. The van der Waals surface area contributed by atoms with Crippen LogP contribution >= 0.6 is 11.8 Å². The molecule has 0 radical (unpaired) electrons. The molecule has 0 bridgehead atoms. The van der Waals surface area contributed by atoms with Crippen molar-refractivity contribution in [3.63, 3.8) is 0 Å². The van der Waals surface area contributed by atoms with E-state index in [4.69, 9.17) is 4.42 Å². The molecule has 0 amide bonds. The Morgan fingerprint density at radius 2 is 2.54 bits per heavy atom. The zero-order valence-electron chi connectivity index (χ0n) is 7.51. The van der Waals surface area contributed by atoms with Gasteiger partial charge in [0.05, 0.1) is 11.8 Å². The van der Waals surface area contributed by atoms with Crippen LogP contribution in [-0.4, -0.2) is 18.1 Å². The average molecular weight is 195 g/mol. The Morgan fingerprint density at radius 3 is 3.38 bits per heavy atom. The number of nitrogens with one attached hydrogen (secondary N) is 1. The summed E-state index contributed by atoms with van der Waals surface area (Å²) in [4.78, 5) is 0. The molecule has 3 heterocycles. The summed E-state index contributed by atoms with van der Waals surface area (Å²) in [5.41, 5.74) is 1.68. The first kappa shape index (κ1) is 7.94. The Morgan fingerprint density at radius 1 is 1.54 bits per heavy atom. The monoisotopic (exact) mass is 195 g/mol. The third-order valence-electron chi connectivity index (χ3n) is 3.10. The molecule has 1 N–H and O–H groups in total. The highest BCUT2D eigenvalue weighted by Crippen LogP contribution is 2.40. The summed E-state index contributed by atoms with van der Waals surface area (Å²) in [6.45, 7) is 1.07. The van der Waals surface area contributed by atoms with E-state index in [2.05, 4.69) is 11.4 Å². The molecule has 13 heavy (non-hydrogen) atoms. The lowest BCUT2D eigenvalue weighted by Crippen LogP contribution is -2.46. The summed E-state index contributed by atoms with van der Waals surface area (Å²) in [5, 5.41) is 3.66. The van der Waals surface area contributed by atoms with Crippen molar-refractivity contribution in [3.05, 3.63) is 23.7 Å². The number of thioether (sulfide) groups is 1. The van der Waals surface area contributed by atoms with Gasteiger partial charge < -0.3 is 9.73 Å². The number of rotatable bonds is 0. The van der Waals surface area contributed by atoms with Gasteiger partial charge in [0.2, 0.25) is 0 Å². The van der Waals surface area contributed by atoms with Gasteiger partial charge in [0.1, 0.15) is 5.76 Å². The van der Waals surface area contributed by atoms with Crippen LogP contribution in [0.4, 0.5) is 0 Å². The fourth-order valence-corrected chi connectivity index (χ4v) is 3.78. The molecule has 3 rings (SSSR count). The SMILES string of the molecule is c1cc2c(o1)CCNC21CCSC1. The fourth-order valence-electron chi connectivity index (χ4n) is 2.39. The molecule has 2 nitrogen and oxygen atoms in total. The number of furan rings is 1. The molecule has 1 unspecified atom stereocenters. The second-order valence-corrected chi connectivity index (χ2v) is 4.92. The Bertz CT molecular complexity index is 314. The van der Waals surface area contributed by atoms with Crippen LogP contribution in [0.15, 0.2) is 16.7 Å². The van der Waals surface area contributed by atoms with Gasteiger partial charge in [-0.3, -0.25) is 0 Å². The molecule has 1 atom stereocenters. The highest BCUT2D eigenvalue weighted by Gasteiger charge is 2.40. The first-order valence-electron chi connectivity index (χ1n) is 4.80. The van der Waals surface area contributed by atoms with Gasteiger partial charge in [-0.2, -0.15) is 11.8 Å². The highest BCUT2D eigenvalue weighted by molar-refractivity contribution is 7.99. The summed E-state index contributed by atoms with van der Waals surface area (Å²) in [7, 11) is 0. The molecule has 0 aliphatic carbocycles. The van der Waals surface area contributed by atoms with E-state index < -0.39 is 0 Å². The predicted octanol–water partition coefficient (Wildman–Crippen LogP) is 1.76. The Balaban J connectivity index is 2.08. The first-order chi connectivity index (χ1) is 6.41. The molecule has 2 aliphatic heterocycles. The molecule has 1 saturated heterocycles. The van der Waals surface area contributed by atoms with Gasteiger partial charge in [-0.15, -0.1) is 0 Å². The van der Waals surface area contributed by atoms with Crippen LogP contribution in [0.3, 0.4) is 0 Å². The van der Waals surface area contributed by atoms with Gasteiger partial charge in [-0.1, -0.05) is 0 Å². The van der Waals surface area contributed by atoms with Crippen molar-refractivity contribution < 1.29 is 4.42 Å². The molecule has 3 heteroatoms. The van der Waals surface area contributed by atoms with E-state index in [1.54, 1.807) is 0 Å². The maximum atomic E-state index is 5.49. The number of fused-ring (bicyclic) bond motifs is 2. The lowest BCUT2D eigenvalue weighted by Gasteiger charge is -2.33. The van der Waals surface area contributed by atoms with Crippen LogP contribution in [0.1, 0.15) is 17.7 Å². The number of hydrogen-bond donors (Lipinski definition) is 1. The molecule has 1 spiro atoms. The zero-order valence-corrected chi connectivity index (χ0v) is 8.32. The molecule has 70 valence electrons. The van der Waals surface area contributed by atoms with Crippen LogP contribution in [-0.2, 0) is 12.0 Å². The van der Waals surface area contributed by atoms with E-state index in [0.717, 1.165) is 13.0 Å². The molecule has 0 aromatic carbocycles. The lowest BCUT2D eigenvalue weighted by atomic mass is 9.86. The third-order valence-corrected chi connectivity index (χ3v) is 4.29. The van der Waals surface area contributed by atoms with Crippen LogP contribution in [0, 0.1) is 0 Å². The van der Waals surface area contributed by atoms with Crippen LogP contribution < -0.4 is 5.32 Å². The minimum Gasteiger partial charge on any atom is -0.469 e. The van der Waals surface area contributed by atoms with E-state index in [-0.39, 0.29) is 5.54 Å². The van der Waals surface area contributed by atoms with Gasteiger partial charge in [0.25, 0.3) is 0 Å². The van der Waals surface area contributed by atoms with Crippen molar-refractivity contribution in [2.75, 3.05) is 18.1 Å². The first-order valence-corrected chi connectivity index (χ1v) is 5.96. The maximum absolute atomic E-state index is 5.49. The minimum absolute atomic E-state index is 0.255. The molecule has 1 fully saturated rings. The van der Waals surface area contributed by atoms with Crippen molar-refractivity contribution in [1.29, 1.82) is 0 Å². The smallest absolute Gasteiger partial charge is 0.110 e.